The van der Waals surface area contributed by atoms with Gasteiger partial charge in [-0.25, -0.2) is 4.98 Å². The molecule has 0 saturated carbocycles. The summed E-state index contributed by atoms with van der Waals surface area (Å²) in [4.78, 5) is 23.8. The van der Waals surface area contributed by atoms with Crippen LogP contribution in [-0.4, -0.2) is 46.1 Å². The van der Waals surface area contributed by atoms with Gasteiger partial charge >= 0.3 is 0 Å². The van der Waals surface area contributed by atoms with Crippen LogP contribution < -0.4 is 4.74 Å². The molecular weight excluding hydrogens is 408 g/mol. The summed E-state index contributed by atoms with van der Waals surface area (Å²) in [5, 5.41) is 4.03. The SMILES string of the molecule is COc1ccc(-c2noc(CCC(=O)N3CCCC(c4nc5ccccc5o4)C3)n2)cc1. The number of rotatable bonds is 6. The number of oxazole rings is 1. The second-order valence-electron chi connectivity index (χ2n) is 7.94. The van der Waals surface area contributed by atoms with Gasteiger partial charge in [-0.3, -0.25) is 4.79 Å². The van der Waals surface area contributed by atoms with E-state index in [1.54, 1.807) is 7.11 Å². The summed E-state index contributed by atoms with van der Waals surface area (Å²) in [5.74, 6) is 2.63. The number of carbonyl (C=O) groups is 1. The fourth-order valence-electron chi connectivity index (χ4n) is 4.06. The molecule has 32 heavy (non-hydrogen) atoms. The largest absolute Gasteiger partial charge is 0.497 e. The van der Waals surface area contributed by atoms with E-state index in [1.165, 1.54) is 0 Å². The van der Waals surface area contributed by atoms with E-state index in [4.69, 9.17) is 13.7 Å². The maximum Gasteiger partial charge on any atom is 0.227 e. The lowest BCUT2D eigenvalue weighted by Gasteiger charge is -2.31. The second-order valence-corrected chi connectivity index (χ2v) is 7.94. The molecule has 2 aromatic heterocycles. The van der Waals surface area contributed by atoms with Crippen LogP contribution in [0.3, 0.4) is 0 Å². The van der Waals surface area contributed by atoms with E-state index in [0.29, 0.717) is 37.0 Å². The number of amides is 1. The van der Waals surface area contributed by atoms with Gasteiger partial charge in [0, 0.05) is 31.5 Å². The van der Waals surface area contributed by atoms with Crippen LogP contribution in [0.15, 0.2) is 57.5 Å². The molecule has 1 unspecified atom stereocenters. The Morgan fingerprint density at radius 1 is 1.16 bits per heavy atom. The number of hydrogen-bond acceptors (Lipinski definition) is 7. The van der Waals surface area contributed by atoms with Gasteiger partial charge in [0.25, 0.3) is 0 Å². The van der Waals surface area contributed by atoms with Crippen LogP contribution in [0.5, 0.6) is 5.75 Å². The highest BCUT2D eigenvalue weighted by Crippen LogP contribution is 2.29. The molecule has 0 N–H and O–H groups in total. The fourth-order valence-corrected chi connectivity index (χ4v) is 4.06. The molecule has 0 aliphatic carbocycles. The summed E-state index contributed by atoms with van der Waals surface area (Å²) >= 11 is 0. The number of nitrogens with zero attached hydrogens (tertiary/aromatic N) is 4. The Balaban J connectivity index is 1.19. The number of ether oxygens (including phenoxy) is 1. The Morgan fingerprint density at radius 3 is 2.81 bits per heavy atom. The highest BCUT2D eigenvalue weighted by molar-refractivity contribution is 5.76. The number of methoxy groups -OCH3 is 1. The number of para-hydroxylation sites is 2. The molecule has 0 radical (unpaired) electrons. The summed E-state index contributed by atoms with van der Waals surface area (Å²) in [6, 6.07) is 15.2. The van der Waals surface area contributed by atoms with Gasteiger partial charge in [0.15, 0.2) is 11.5 Å². The lowest BCUT2D eigenvalue weighted by molar-refractivity contribution is -0.132. The Kier molecular flexibility index (Phi) is 5.58. The normalized spacial score (nSPS) is 16.4. The third kappa shape index (κ3) is 4.21. The number of hydrogen-bond donors (Lipinski definition) is 0. The Labute approximate surface area is 185 Å². The number of aromatic nitrogens is 3. The van der Waals surface area contributed by atoms with E-state index in [1.807, 2.05) is 53.4 Å². The summed E-state index contributed by atoms with van der Waals surface area (Å²) in [5.41, 5.74) is 2.48. The first-order valence-corrected chi connectivity index (χ1v) is 10.8. The van der Waals surface area contributed by atoms with Crippen LogP contribution >= 0.6 is 0 Å². The molecule has 2 aromatic carbocycles. The predicted octanol–water partition coefficient (Wildman–Crippen LogP) is 4.23. The van der Waals surface area contributed by atoms with Crippen LogP contribution in [0.2, 0.25) is 0 Å². The van der Waals surface area contributed by atoms with E-state index < -0.39 is 0 Å². The third-order valence-corrected chi connectivity index (χ3v) is 5.80. The average molecular weight is 432 g/mol. The Morgan fingerprint density at radius 2 is 2.00 bits per heavy atom. The van der Waals surface area contributed by atoms with Crippen molar-refractivity contribution in [3.63, 3.8) is 0 Å². The van der Waals surface area contributed by atoms with Crippen LogP contribution in [0, 0.1) is 0 Å². The molecule has 4 aromatic rings. The van der Waals surface area contributed by atoms with Crippen molar-refractivity contribution in [3.8, 4) is 17.1 Å². The van der Waals surface area contributed by atoms with Gasteiger partial charge < -0.3 is 18.6 Å². The minimum absolute atomic E-state index is 0.0787. The topological polar surface area (TPSA) is 94.5 Å². The molecule has 1 fully saturated rings. The molecular formula is C24H24N4O4. The first-order valence-electron chi connectivity index (χ1n) is 10.8. The van der Waals surface area contributed by atoms with E-state index >= 15 is 0 Å². The molecule has 1 aliphatic rings. The maximum atomic E-state index is 12.8. The molecule has 164 valence electrons. The van der Waals surface area contributed by atoms with Crippen molar-refractivity contribution in [3.05, 3.63) is 60.3 Å². The molecule has 1 saturated heterocycles. The molecule has 1 amide bonds. The van der Waals surface area contributed by atoms with Gasteiger partial charge in [0.05, 0.1) is 13.0 Å². The van der Waals surface area contributed by atoms with Crippen LogP contribution in [0.1, 0.15) is 37.0 Å². The highest BCUT2D eigenvalue weighted by atomic mass is 16.5. The number of aryl methyl sites for hydroxylation is 1. The summed E-state index contributed by atoms with van der Waals surface area (Å²) in [7, 11) is 1.62. The molecule has 1 aliphatic heterocycles. The van der Waals surface area contributed by atoms with Crippen molar-refractivity contribution in [2.75, 3.05) is 20.2 Å². The maximum absolute atomic E-state index is 12.8. The van der Waals surface area contributed by atoms with Crippen LogP contribution in [-0.2, 0) is 11.2 Å². The lowest BCUT2D eigenvalue weighted by Crippen LogP contribution is -2.39. The van der Waals surface area contributed by atoms with Crippen molar-refractivity contribution in [1.82, 2.24) is 20.0 Å². The van der Waals surface area contributed by atoms with Gasteiger partial charge in [0.1, 0.15) is 11.3 Å². The highest BCUT2D eigenvalue weighted by Gasteiger charge is 2.28. The van der Waals surface area contributed by atoms with E-state index in [0.717, 1.165) is 41.8 Å². The van der Waals surface area contributed by atoms with Crippen LogP contribution in [0.4, 0.5) is 0 Å². The minimum atomic E-state index is 0.0787. The first-order chi connectivity index (χ1) is 15.7. The number of benzene rings is 2. The smallest absolute Gasteiger partial charge is 0.227 e. The van der Waals surface area contributed by atoms with Gasteiger partial charge in [0.2, 0.25) is 17.6 Å². The first kappa shape index (κ1) is 20.2. The Bertz CT molecular complexity index is 1180. The fraction of sp³-hybridized carbons (Fsp3) is 0.333. The lowest BCUT2D eigenvalue weighted by atomic mass is 9.97. The number of likely N-dealkylation sites (tertiary alicyclic amines) is 1. The number of piperidine rings is 1. The van der Waals surface area contributed by atoms with E-state index in [2.05, 4.69) is 15.1 Å². The van der Waals surface area contributed by atoms with Crippen molar-refractivity contribution in [2.45, 2.75) is 31.6 Å². The minimum Gasteiger partial charge on any atom is -0.497 e. The summed E-state index contributed by atoms with van der Waals surface area (Å²) < 4.78 is 16.5. The molecule has 0 spiro atoms. The summed E-state index contributed by atoms with van der Waals surface area (Å²) in [6.45, 7) is 1.36. The van der Waals surface area contributed by atoms with Crippen LogP contribution in [0.25, 0.3) is 22.5 Å². The molecule has 8 nitrogen and oxygen atoms in total. The number of carbonyl (C=O) groups excluding carboxylic acids is 1. The van der Waals surface area contributed by atoms with E-state index in [9.17, 15) is 4.79 Å². The van der Waals surface area contributed by atoms with Crippen molar-refractivity contribution < 1.29 is 18.5 Å². The van der Waals surface area contributed by atoms with E-state index in [-0.39, 0.29) is 11.8 Å². The van der Waals surface area contributed by atoms with Gasteiger partial charge in [-0.15, -0.1) is 0 Å². The zero-order valence-electron chi connectivity index (χ0n) is 17.9. The van der Waals surface area contributed by atoms with Crippen molar-refractivity contribution in [2.24, 2.45) is 0 Å². The van der Waals surface area contributed by atoms with Gasteiger partial charge in [-0.05, 0) is 49.2 Å². The standard InChI is InChI=1S/C24H24N4O4/c1-30-18-10-8-16(9-11-18)23-26-21(32-27-23)12-13-22(29)28-14-4-5-17(15-28)24-25-19-6-2-3-7-20(19)31-24/h2-3,6-11,17H,4-5,12-15H2,1H3. The predicted molar refractivity (Wildman–Crippen MR) is 117 cm³/mol. The van der Waals surface area contributed by atoms with Crippen molar-refractivity contribution >= 4 is 17.0 Å². The average Bonchev–Trinajstić information content (AvgIpc) is 3.50. The quantitative estimate of drug-likeness (QED) is 0.450. The number of fused-ring (bicyclic) bond motifs is 1. The third-order valence-electron chi connectivity index (χ3n) is 5.80. The molecule has 3 heterocycles. The molecule has 1 atom stereocenters. The Hall–Kier alpha value is -3.68. The van der Waals surface area contributed by atoms with Crippen molar-refractivity contribution in [1.29, 1.82) is 0 Å². The zero-order chi connectivity index (χ0) is 21.9. The van der Waals surface area contributed by atoms with Gasteiger partial charge in [-0.1, -0.05) is 17.3 Å². The molecule has 0 bridgehead atoms. The zero-order valence-corrected chi connectivity index (χ0v) is 17.9. The monoisotopic (exact) mass is 432 g/mol. The second kappa shape index (κ2) is 8.82. The molecule has 8 heteroatoms. The summed E-state index contributed by atoms with van der Waals surface area (Å²) in [6.07, 6.45) is 2.62. The molecule has 5 rings (SSSR count). The van der Waals surface area contributed by atoms with Gasteiger partial charge in [-0.2, -0.15) is 4.98 Å².